The third-order valence-electron chi connectivity index (χ3n) is 1.97. The summed E-state index contributed by atoms with van der Waals surface area (Å²) >= 11 is 0. The molecule has 0 amide bonds. The molecule has 0 saturated carbocycles. The molecule has 0 aromatic carbocycles. The third kappa shape index (κ3) is 4.08. The van der Waals surface area contributed by atoms with Crippen molar-refractivity contribution in [2.45, 2.75) is 26.8 Å². The van der Waals surface area contributed by atoms with E-state index in [1.54, 1.807) is 0 Å². The molecule has 0 unspecified atom stereocenters. The van der Waals surface area contributed by atoms with Crippen LogP contribution in [-0.2, 0) is 13.6 Å². The zero-order valence-corrected chi connectivity index (χ0v) is 8.75. The van der Waals surface area contributed by atoms with Gasteiger partial charge in [-0.1, -0.05) is 13.8 Å². The van der Waals surface area contributed by atoms with Gasteiger partial charge in [0.25, 0.3) is 0 Å². The highest BCUT2D eigenvalue weighted by molar-refractivity contribution is 4.97. The van der Waals surface area contributed by atoms with E-state index in [4.69, 9.17) is 0 Å². The van der Waals surface area contributed by atoms with Crippen molar-refractivity contribution in [3.63, 3.8) is 0 Å². The largest absolute Gasteiger partial charge is 0.311 e. The number of nitrogens with one attached hydrogen (secondary N) is 1. The van der Waals surface area contributed by atoms with Crippen molar-refractivity contribution < 1.29 is 0 Å². The van der Waals surface area contributed by atoms with Gasteiger partial charge in [0, 0.05) is 19.8 Å². The minimum atomic E-state index is 0.774. The van der Waals surface area contributed by atoms with Gasteiger partial charge < -0.3 is 5.32 Å². The Kier molecular flexibility index (Phi) is 3.96. The highest BCUT2D eigenvalue weighted by atomic mass is 15.3. The SMILES string of the molecule is CC(C)CCNCc1ccn(C)n1. The molecule has 0 fully saturated rings. The Labute approximate surface area is 80.1 Å². The summed E-state index contributed by atoms with van der Waals surface area (Å²) in [5.41, 5.74) is 1.12. The molecule has 0 radical (unpaired) electrons. The summed E-state index contributed by atoms with van der Waals surface area (Å²) in [4.78, 5) is 0. The minimum absolute atomic E-state index is 0.774. The fourth-order valence-electron chi connectivity index (χ4n) is 1.16. The van der Waals surface area contributed by atoms with Gasteiger partial charge >= 0.3 is 0 Å². The van der Waals surface area contributed by atoms with Crippen LogP contribution in [0.1, 0.15) is 26.0 Å². The predicted molar refractivity (Wildman–Crippen MR) is 54.4 cm³/mol. The topological polar surface area (TPSA) is 29.9 Å². The summed E-state index contributed by atoms with van der Waals surface area (Å²) in [5, 5.41) is 7.65. The van der Waals surface area contributed by atoms with Gasteiger partial charge in [0.2, 0.25) is 0 Å². The van der Waals surface area contributed by atoms with Crippen LogP contribution in [0.4, 0.5) is 0 Å². The number of aryl methyl sites for hydroxylation is 1. The van der Waals surface area contributed by atoms with Crippen LogP contribution in [-0.4, -0.2) is 16.3 Å². The van der Waals surface area contributed by atoms with Crippen molar-refractivity contribution in [2.24, 2.45) is 13.0 Å². The van der Waals surface area contributed by atoms with Crippen molar-refractivity contribution in [1.29, 1.82) is 0 Å². The molecule has 1 rings (SSSR count). The second-order valence-corrected chi connectivity index (χ2v) is 3.84. The summed E-state index contributed by atoms with van der Waals surface area (Å²) in [5.74, 6) is 0.774. The van der Waals surface area contributed by atoms with Crippen LogP contribution in [0.5, 0.6) is 0 Å². The Hall–Kier alpha value is -0.830. The molecule has 0 aliphatic heterocycles. The van der Waals surface area contributed by atoms with Crippen LogP contribution in [0.25, 0.3) is 0 Å². The van der Waals surface area contributed by atoms with E-state index in [1.807, 2.05) is 24.0 Å². The number of hydrogen-bond acceptors (Lipinski definition) is 2. The van der Waals surface area contributed by atoms with Gasteiger partial charge in [0.05, 0.1) is 5.69 Å². The van der Waals surface area contributed by atoms with Crippen molar-refractivity contribution >= 4 is 0 Å². The Morgan fingerprint density at radius 2 is 2.31 bits per heavy atom. The van der Waals surface area contributed by atoms with E-state index >= 15 is 0 Å². The van der Waals surface area contributed by atoms with E-state index in [9.17, 15) is 0 Å². The molecule has 3 heteroatoms. The van der Waals surface area contributed by atoms with E-state index in [-0.39, 0.29) is 0 Å². The molecular formula is C10H19N3. The molecule has 74 valence electrons. The molecule has 1 aromatic rings. The molecule has 1 N–H and O–H groups in total. The van der Waals surface area contributed by atoms with Crippen molar-refractivity contribution in [3.05, 3.63) is 18.0 Å². The number of rotatable bonds is 5. The van der Waals surface area contributed by atoms with Gasteiger partial charge in [-0.25, -0.2) is 0 Å². The Balaban J connectivity index is 2.13. The number of nitrogens with zero attached hydrogens (tertiary/aromatic N) is 2. The first kappa shape index (κ1) is 10.3. The summed E-state index contributed by atoms with van der Waals surface area (Å²) < 4.78 is 1.83. The number of aromatic nitrogens is 2. The van der Waals surface area contributed by atoms with E-state index in [2.05, 4.69) is 24.3 Å². The molecule has 1 aromatic heterocycles. The fourth-order valence-corrected chi connectivity index (χ4v) is 1.16. The summed E-state index contributed by atoms with van der Waals surface area (Å²) in [6.07, 6.45) is 3.20. The summed E-state index contributed by atoms with van der Waals surface area (Å²) in [7, 11) is 1.94. The fraction of sp³-hybridized carbons (Fsp3) is 0.700. The summed E-state index contributed by atoms with van der Waals surface area (Å²) in [6.45, 7) is 6.44. The van der Waals surface area contributed by atoms with Crippen LogP contribution in [0.3, 0.4) is 0 Å². The molecular weight excluding hydrogens is 162 g/mol. The molecule has 13 heavy (non-hydrogen) atoms. The lowest BCUT2D eigenvalue weighted by molar-refractivity contribution is 0.533. The van der Waals surface area contributed by atoms with Crippen LogP contribution < -0.4 is 5.32 Å². The first-order valence-corrected chi connectivity index (χ1v) is 4.87. The maximum atomic E-state index is 4.28. The highest BCUT2D eigenvalue weighted by Gasteiger charge is 1.96. The maximum Gasteiger partial charge on any atom is 0.0762 e. The average Bonchev–Trinajstić information content (AvgIpc) is 2.45. The third-order valence-corrected chi connectivity index (χ3v) is 1.97. The second kappa shape index (κ2) is 5.02. The first-order chi connectivity index (χ1) is 6.18. The van der Waals surface area contributed by atoms with Crippen LogP contribution in [0.15, 0.2) is 12.3 Å². The zero-order valence-electron chi connectivity index (χ0n) is 8.75. The van der Waals surface area contributed by atoms with E-state index in [1.165, 1.54) is 6.42 Å². The van der Waals surface area contributed by atoms with Crippen molar-refractivity contribution in [2.75, 3.05) is 6.54 Å². The van der Waals surface area contributed by atoms with Crippen LogP contribution >= 0.6 is 0 Å². The molecule has 0 atom stereocenters. The molecule has 0 saturated heterocycles. The highest BCUT2D eigenvalue weighted by Crippen LogP contribution is 1.97. The molecule has 1 heterocycles. The number of hydrogen-bond donors (Lipinski definition) is 1. The Morgan fingerprint density at radius 1 is 1.54 bits per heavy atom. The van der Waals surface area contributed by atoms with Crippen molar-refractivity contribution in [1.82, 2.24) is 15.1 Å². The standard InChI is InChI=1S/C10H19N3/c1-9(2)4-6-11-8-10-5-7-13(3)12-10/h5,7,9,11H,4,6,8H2,1-3H3. The van der Waals surface area contributed by atoms with E-state index < -0.39 is 0 Å². The maximum absolute atomic E-state index is 4.28. The lowest BCUT2D eigenvalue weighted by Crippen LogP contribution is -2.16. The quantitative estimate of drug-likeness (QED) is 0.699. The Morgan fingerprint density at radius 3 is 2.85 bits per heavy atom. The average molecular weight is 181 g/mol. The molecule has 0 spiro atoms. The molecule has 0 bridgehead atoms. The summed E-state index contributed by atoms with van der Waals surface area (Å²) in [6, 6.07) is 2.04. The molecule has 0 aliphatic rings. The second-order valence-electron chi connectivity index (χ2n) is 3.84. The Bertz CT molecular complexity index is 240. The van der Waals surface area contributed by atoms with Crippen molar-refractivity contribution in [3.8, 4) is 0 Å². The zero-order chi connectivity index (χ0) is 9.68. The van der Waals surface area contributed by atoms with Gasteiger partial charge in [0.1, 0.15) is 0 Å². The molecule has 0 aliphatic carbocycles. The predicted octanol–water partition coefficient (Wildman–Crippen LogP) is 1.56. The molecule has 3 nitrogen and oxygen atoms in total. The van der Waals surface area contributed by atoms with Crippen LogP contribution in [0.2, 0.25) is 0 Å². The smallest absolute Gasteiger partial charge is 0.0762 e. The van der Waals surface area contributed by atoms with Gasteiger partial charge in [0.15, 0.2) is 0 Å². The minimum Gasteiger partial charge on any atom is -0.311 e. The van der Waals surface area contributed by atoms with Gasteiger partial charge in [-0.05, 0) is 24.9 Å². The normalized spacial score (nSPS) is 11.1. The van der Waals surface area contributed by atoms with Gasteiger partial charge in [-0.2, -0.15) is 5.10 Å². The van der Waals surface area contributed by atoms with Gasteiger partial charge in [-0.15, -0.1) is 0 Å². The van der Waals surface area contributed by atoms with Gasteiger partial charge in [-0.3, -0.25) is 4.68 Å². The lowest BCUT2D eigenvalue weighted by Gasteiger charge is -2.04. The monoisotopic (exact) mass is 181 g/mol. The van der Waals surface area contributed by atoms with Crippen LogP contribution in [0, 0.1) is 5.92 Å². The van der Waals surface area contributed by atoms with E-state index in [0.717, 1.165) is 24.7 Å². The lowest BCUT2D eigenvalue weighted by atomic mass is 10.1. The van der Waals surface area contributed by atoms with E-state index in [0.29, 0.717) is 0 Å². The first-order valence-electron chi connectivity index (χ1n) is 4.87.